The van der Waals surface area contributed by atoms with Crippen LogP contribution in [0, 0.1) is 11.3 Å². The molecule has 0 amide bonds. The molecule has 0 aliphatic carbocycles. The minimum Gasteiger partial charge on any atom is -0.379 e. The molecule has 0 unspecified atom stereocenters. The van der Waals surface area contributed by atoms with Crippen LogP contribution >= 0.6 is 0 Å². The maximum atomic E-state index is 11.4. The Bertz CT molecular complexity index is 315. The molecule has 0 spiro atoms. The Hall–Kier alpha value is -0.640. The second-order valence-corrected chi connectivity index (χ2v) is 5.82. The first kappa shape index (κ1) is 12.4. The van der Waals surface area contributed by atoms with E-state index in [-0.39, 0.29) is 17.9 Å². The summed E-state index contributed by atoms with van der Waals surface area (Å²) in [5, 5.41) is 8.31. The highest BCUT2D eigenvalue weighted by Crippen LogP contribution is 1.99. The molecule has 0 bridgehead atoms. The zero-order valence-corrected chi connectivity index (χ0v) is 9.50. The van der Waals surface area contributed by atoms with E-state index in [1.54, 1.807) is 0 Å². The molecule has 0 atom stereocenters. The summed E-state index contributed by atoms with van der Waals surface area (Å²) in [5.41, 5.74) is 0. The van der Waals surface area contributed by atoms with Gasteiger partial charge in [0, 0.05) is 26.1 Å². The molecule has 1 fully saturated rings. The smallest absolute Gasteiger partial charge is 0.152 e. The predicted octanol–water partition coefficient (Wildman–Crippen LogP) is -0.353. The van der Waals surface area contributed by atoms with E-state index >= 15 is 0 Å². The van der Waals surface area contributed by atoms with Crippen LogP contribution in [0.4, 0.5) is 0 Å². The van der Waals surface area contributed by atoms with Crippen LogP contribution in [0.25, 0.3) is 0 Å². The minimum atomic E-state index is -3.05. The van der Waals surface area contributed by atoms with Gasteiger partial charge in [0.1, 0.15) is 0 Å². The summed E-state index contributed by atoms with van der Waals surface area (Å²) in [6, 6.07) is 1.85. The van der Waals surface area contributed by atoms with Crippen LogP contribution < -0.4 is 0 Å². The molecule has 0 saturated carbocycles. The molecule has 15 heavy (non-hydrogen) atoms. The summed E-state index contributed by atoms with van der Waals surface area (Å²) in [6.07, 6.45) is 0.0887. The van der Waals surface area contributed by atoms with Crippen molar-refractivity contribution in [1.82, 2.24) is 4.90 Å². The lowest BCUT2D eigenvalue weighted by Crippen LogP contribution is -2.39. The van der Waals surface area contributed by atoms with Gasteiger partial charge in [0.2, 0.25) is 0 Å². The van der Waals surface area contributed by atoms with Crippen molar-refractivity contribution in [3.8, 4) is 6.07 Å². The molecule has 5 nitrogen and oxygen atoms in total. The largest absolute Gasteiger partial charge is 0.379 e. The van der Waals surface area contributed by atoms with Gasteiger partial charge in [-0.15, -0.1) is 0 Å². The Kier molecular flexibility index (Phi) is 5.02. The Balaban J connectivity index is 2.26. The van der Waals surface area contributed by atoms with Gasteiger partial charge in [0.05, 0.1) is 30.8 Å². The van der Waals surface area contributed by atoms with E-state index in [2.05, 4.69) is 4.90 Å². The third-order valence-corrected chi connectivity index (χ3v) is 3.98. The number of ether oxygens (including phenoxy) is 1. The molecule has 1 saturated heterocycles. The molecule has 6 heteroatoms. The minimum absolute atomic E-state index is 0.0200. The molecule has 0 aromatic rings. The molecule has 1 aliphatic heterocycles. The van der Waals surface area contributed by atoms with E-state index in [0.29, 0.717) is 19.8 Å². The summed E-state index contributed by atoms with van der Waals surface area (Å²) in [4.78, 5) is 2.08. The molecule has 1 heterocycles. The van der Waals surface area contributed by atoms with Gasteiger partial charge in [-0.2, -0.15) is 5.26 Å². The van der Waals surface area contributed by atoms with Gasteiger partial charge in [0.25, 0.3) is 0 Å². The fraction of sp³-hybridized carbons (Fsp3) is 0.889. The number of nitrogens with zero attached hydrogens (tertiary/aromatic N) is 2. The Morgan fingerprint density at radius 3 is 2.53 bits per heavy atom. The molecule has 0 N–H and O–H groups in total. The van der Waals surface area contributed by atoms with Crippen LogP contribution in [0.15, 0.2) is 0 Å². The lowest BCUT2D eigenvalue weighted by atomic mass is 10.4. The van der Waals surface area contributed by atoms with E-state index in [1.165, 1.54) is 0 Å². The molecular formula is C9H16N2O3S. The van der Waals surface area contributed by atoms with E-state index < -0.39 is 9.84 Å². The van der Waals surface area contributed by atoms with Crippen LogP contribution in [0.5, 0.6) is 0 Å². The topological polar surface area (TPSA) is 70.4 Å². The van der Waals surface area contributed by atoms with Crippen molar-refractivity contribution in [1.29, 1.82) is 5.26 Å². The zero-order valence-electron chi connectivity index (χ0n) is 8.68. The molecule has 86 valence electrons. The average Bonchev–Trinajstić information content (AvgIpc) is 2.25. The number of sulfone groups is 1. The highest BCUT2D eigenvalue weighted by Gasteiger charge is 2.15. The van der Waals surface area contributed by atoms with Crippen LogP contribution in [-0.4, -0.2) is 57.7 Å². The molecular weight excluding hydrogens is 216 g/mol. The van der Waals surface area contributed by atoms with Gasteiger partial charge < -0.3 is 4.74 Å². The van der Waals surface area contributed by atoms with Crippen molar-refractivity contribution in [3.05, 3.63) is 0 Å². The van der Waals surface area contributed by atoms with Crippen molar-refractivity contribution < 1.29 is 13.2 Å². The Labute approximate surface area is 90.5 Å². The van der Waals surface area contributed by atoms with Crippen molar-refractivity contribution >= 4 is 9.84 Å². The number of hydrogen-bond donors (Lipinski definition) is 0. The SMILES string of the molecule is N#CCCS(=O)(=O)CCN1CCOCC1. The number of hydrogen-bond acceptors (Lipinski definition) is 5. The molecule has 0 aromatic heterocycles. The fourth-order valence-electron chi connectivity index (χ4n) is 1.40. The van der Waals surface area contributed by atoms with Crippen molar-refractivity contribution in [2.45, 2.75) is 6.42 Å². The molecule has 0 aromatic carbocycles. The lowest BCUT2D eigenvalue weighted by Gasteiger charge is -2.26. The lowest BCUT2D eigenvalue weighted by molar-refractivity contribution is 0.0408. The second-order valence-electron chi connectivity index (χ2n) is 3.51. The summed E-state index contributed by atoms with van der Waals surface area (Å²) in [5.74, 6) is 0.127. The molecule has 1 aliphatic rings. The normalized spacial score (nSPS) is 18.6. The average molecular weight is 232 g/mol. The maximum Gasteiger partial charge on any atom is 0.152 e. The monoisotopic (exact) mass is 232 g/mol. The molecule has 1 rings (SSSR count). The standard InChI is InChI=1S/C9H16N2O3S/c10-2-1-8-15(12,13)9-5-11-3-6-14-7-4-11/h1,3-9H2. The van der Waals surface area contributed by atoms with Crippen LogP contribution in [0.3, 0.4) is 0 Å². The Morgan fingerprint density at radius 2 is 1.93 bits per heavy atom. The zero-order chi connectivity index (χ0) is 11.1. The maximum absolute atomic E-state index is 11.4. The highest BCUT2D eigenvalue weighted by atomic mass is 32.2. The van der Waals surface area contributed by atoms with Gasteiger partial charge in [-0.05, 0) is 0 Å². The van der Waals surface area contributed by atoms with E-state index in [0.717, 1.165) is 13.1 Å². The van der Waals surface area contributed by atoms with Gasteiger partial charge in [-0.1, -0.05) is 0 Å². The van der Waals surface area contributed by atoms with Crippen molar-refractivity contribution in [2.24, 2.45) is 0 Å². The summed E-state index contributed by atoms with van der Waals surface area (Å²) in [6.45, 7) is 3.51. The van der Waals surface area contributed by atoms with Crippen molar-refractivity contribution in [2.75, 3.05) is 44.4 Å². The number of morpholine rings is 1. The number of rotatable bonds is 5. The quantitative estimate of drug-likeness (QED) is 0.648. The highest BCUT2D eigenvalue weighted by molar-refractivity contribution is 7.91. The second kappa shape index (κ2) is 6.05. The summed E-state index contributed by atoms with van der Waals surface area (Å²) >= 11 is 0. The Morgan fingerprint density at radius 1 is 1.27 bits per heavy atom. The summed E-state index contributed by atoms with van der Waals surface area (Å²) < 4.78 is 28.0. The first-order chi connectivity index (χ1) is 7.14. The van der Waals surface area contributed by atoms with Gasteiger partial charge in [0.15, 0.2) is 9.84 Å². The third kappa shape index (κ3) is 5.11. The van der Waals surface area contributed by atoms with Crippen LogP contribution in [0.1, 0.15) is 6.42 Å². The number of nitriles is 1. The van der Waals surface area contributed by atoms with E-state index in [1.807, 2.05) is 6.07 Å². The van der Waals surface area contributed by atoms with Gasteiger partial charge >= 0.3 is 0 Å². The van der Waals surface area contributed by atoms with Gasteiger partial charge in [-0.3, -0.25) is 4.90 Å². The predicted molar refractivity (Wildman–Crippen MR) is 56.1 cm³/mol. The van der Waals surface area contributed by atoms with Gasteiger partial charge in [-0.25, -0.2) is 8.42 Å². The first-order valence-electron chi connectivity index (χ1n) is 5.01. The van der Waals surface area contributed by atoms with Crippen LogP contribution in [0.2, 0.25) is 0 Å². The molecule has 0 radical (unpaired) electrons. The van der Waals surface area contributed by atoms with Crippen molar-refractivity contribution in [3.63, 3.8) is 0 Å². The summed E-state index contributed by atoms with van der Waals surface area (Å²) in [7, 11) is -3.05. The van der Waals surface area contributed by atoms with E-state index in [4.69, 9.17) is 10.00 Å². The van der Waals surface area contributed by atoms with E-state index in [9.17, 15) is 8.42 Å². The first-order valence-corrected chi connectivity index (χ1v) is 6.84. The fourth-order valence-corrected chi connectivity index (χ4v) is 2.54. The van der Waals surface area contributed by atoms with Crippen LogP contribution in [-0.2, 0) is 14.6 Å². The third-order valence-electron chi connectivity index (χ3n) is 2.35.